The number of hydrogen-bond donors (Lipinski definition) is 1. The van der Waals surface area contributed by atoms with E-state index >= 15 is 0 Å². The van der Waals surface area contributed by atoms with Crippen LogP contribution in [0.3, 0.4) is 0 Å². The molecule has 178 valence electrons. The van der Waals surface area contributed by atoms with Crippen LogP contribution in [0.25, 0.3) is 17.3 Å². The van der Waals surface area contributed by atoms with Gasteiger partial charge in [0.1, 0.15) is 5.75 Å². The summed E-state index contributed by atoms with van der Waals surface area (Å²) in [5, 5.41) is 9.10. The van der Waals surface area contributed by atoms with Crippen molar-refractivity contribution in [3.05, 3.63) is 88.6 Å². The maximum atomic E-state index is 12.7. The van der Waals surface area contributed by atoms with E-state index in [1.54, 1.807) is 24.3 Å². The van der Waals surface area contributed by atoms with Crippen LogP contribution in [0.15, 0.2) is 66.7 Å². The number of pyridine rings is 1. The number of ether oxygens (including phenoxy) is 1. The lowest BCUT2D eigenvalue weighted by Crippen LogP contribution is -2.04. The van der Waals surface area contributed by atoms with Gasteiger partial charge in [0.15, 0.2) is 0 Å². The molecule has 3 aromatic rings. The van der Waals surface area contributed by atoms with Crippen molar-refractivity contribution in [3.63, 3.8) is 0 Å². The van der Waals surface area contributed by atoms with E-state index in [2.05, 4.69) is 4.98 Å². The van der Waals surface area contributed by atoms with E-state index < -0.39 is 17.7 Å². The van der Waals surface area contributed by atoms with Crippen LogP contribution in [0.1, 0.15) is 36.1 Å². The molecular weight excluding hydrogens is 467 g/mol. The van der Waals surface area contributed by atoms with Crippen LogP contribution in [0.4, 0.5) is 13.2 Å². The number of carbonyl (C=O) groups is 1. The SMILES string of the molecule is O=C(O)/C=C/c1ccc(OCCCCCc2cccc(-c3ccc(C(F)(F)F)cc3)n2)cc1Cl. The Morgan fingerprint density at radius 3 is 2.47 bits per heavy atom. The van der Waals surface area contributed by atoms with Gasteiger partial charge >= 0.3 is 12.1 Å². The average Bonchev–Trinajstić information content (AvgIpc) is 2.80. The zero-order valence-electron chi connectivity index (χ0n) is 18.2. The van der Waals surface area contributed by atoms with Crippen molar-refractivity contribution in [2.45, 2.75) is 31.9 Å². The van der Waals surface area contributed by atoms with Gasteiger partial charge in [-0.1, -0.05) is 29.8 Å². The minimum absolute atomic E-state index is 0.411. The molecular formula is C26H23ClF3NO3. The van der Waals surface area contributed by atoms with E-state index in [0.717, 1.165) is 49.6 Å². The monoisotopic (exact) mass is 489 g/mol. The molecule has 8 heteroatoms. The van der Waals surface area contributed by atoms with Crippen molar-refractivity contribution < 1.29 is 27.8 Å². The van der Waals surface area contributed by atoms with Crippen LogP contribution in [0.5, 0.6) is 5.75 Å². The van der Waals surface area contributed by atoms with Crippen LogP contribution < -0.4 is 4.74 Å². The lowest BCUT2D eigenvalue weighted by atomic mass is 10.1. The van der Waals surface area contributed by atoms with Crippen LogP contribution in [-0.2, 0) is 17.4 Å². The molecule has 4 nitrogen and oxygen atoms in total. The fraction of sp³-hybridized carbons (Fsp3) is 0.231. The maximum Gasteiger partial charge on any atom is 0.416 e. The zero-order valence-corrected chi connectivity index (χ0v) is 18.9. The molecule has 1 heterocycles. The van der Waals surface area contributed by atoms with Crippen molar-refractivity contribution in [2.75, 3.05) is 6.61 Å². The Labute approximate surface area is 200 Å². The van der Waals surface area contributed by atoms with Gasteiger partial charge in [-0.2, -0.15) is 13.2 Å². The number of aryl methyl sites for hydroxylation is 1. The summed E-state index contributed by atoms with van der Waals surface area (Å²) in [7, 11) is 0. The van der Waals surface area contributed by atoms with Gasteiger partial charge in [0.05, 0.1) is 22.9 Å². The van der Waals surface area contributed by atoms with Gasteiger partial charge in [-0.15, -0.1) is 0 Å². The fourth-order valence-electron chi connectivity index (χ4n) is 3.28. The summed E-state index contributed by atoms with van der Waals surface area (Å²) in [4.78, 5) is 15.2. The van der Waals surface area contributed by atoms with E-state index in [-0.39, 0.29) is 0 Å². The van der Waals surface area contributed by atoms with Gasteiger partial charge in [0.25, 0.3) is 0 Å². The van der Waals surface area contributed by atoms with E-state index in [9.17, 15) is 18.0 Å². The van der Waals surface area contributed by atoms with Crippen LogP contribution in [0.2, 0.25) is 5.02 Å². The molecule has 0 saturated carbocycles. The van der Waals surface area contributed by atoms with Crippen molar-refractivity contribution in [3.8, 4) is 17.0 Å². The second-order valence-electron chi connectivity index (χ2n) is 7.60. The second-order valence-corrected chi connectivity index (χ2v) is 8.01. The Morgan fingerprint density at radius 1 is 1.03 bits per heavy atom. The fourth-order valence-corrected chi connectivity index (χ4v) is 3.51. The van der Waals surface area contributed by atoms with E-state index in [1.165, 1.54) is 18.2 Å². The summed E-state index contributed by atoms with van der Waals surface area (Å²) in [5.74, 6) is -0.429. The highest BCUT2D eigenvalue weighted by Gasteiger charge is 2.30. The van der Waals surface area contributed by atoms with E-state index in [0.29, 0.717) is 34.2 Å². The number of carboxylic acids is 1. The lowest BCUT2D eigenvalue weighted by Gasteiger charge is -2.09. The minimum atomic E-state index is -4.35. The number of aromatic nitrogens is 1. The van der Waals surface area contributed by atoms with Crippen molar-refractivity contribution in [2.24, 2.45) is 0 Å². The molecule has 0 fully saturated rings. The first-order valence-electron chi connectivity index (χ1n) is 10.7. The largest absolute Gasteiger partial charge is 0.494 e. The number of alkyl halides is 3. The highest BCUT2D eigenvalue weighted by Crippen LogP contribution is 2.30. The summed E-state index contributed by atoms with van der Waals surface area (Å²) in [6.07, 6.45) is 1.49. The standard InChI is InChI=1S/C26H23ClF3NO3/c27-23-17-22(14-10-18(23)11-15-25(32)33)34-16-3-1-2-5-21-6-4-7-24(31-21)19-8-12-20(13-9-19)26(28,29)30/h4,6-15,17H,1-3,5,16H2,(H,32,33)/b15-11+. The Morgan fingerprint density at radius 2 is 1.79 bits per heavy atom. The number of unbranched alkanes of at least 4 members (excludes halogenated alkanes) is 2. The summed E-state index contributed by atoms with van der Waals surface area (Å²) in [5.41, 5.74) is 2.10. The van der Waals surface area contributed by atoms with Crippen molar-refractivity contribution in [1.82, 2.24) is 4.98 Å². The lowest BCUT2D eigenvalue weighted by molar-refractivity contribution is -0.137. The molecule has 3 rings (SSSR count). The van der Waals surface area contributed by atoms with E-state index in [1.807, 2.05) is 12.1 Å². The number of halogens is 4. The molecule has 34 heavy (non-hydrogen) atoms. The highest BCUT2D eigenvalue weighted by molar-refractivity contribution is 6.32. The number of nitrogens with zero attached hydrogens (tertiary/aromatic N) is 1. The first kappa shape index (κ1) is 25.3. The molecule has 0 aliphatic rings. The predicted molar refractivity (Wildman–Crippen MR) is 126 cm³/mol. The number of aliphatic carboxylic acids is 1. The minimum Gasteiger partial charge on any atom is -0.494 e. The Kier molecular flexibility index (Phi) is 8.71. The van der Waals surface area contributed by atoms with Gasteiger partial charge < -0.3 is 9.84 Å². The molecule has 1 N–H and O–H groups in total. The summed E-state index contributed by atoms with van der Waals surface area (Å²) in [6.45, 7) is 0.514. The van der Waals surface area contributed by atoms with Crippen LogP contribution in [-0.4, -0.2) is 22.7 Å². The maximum absolute atomic E-state index is 12.7. The molecule has 0 spiro atoms. The number of hydrogen-bond acceptors (Lipinski definition) is 3. The molecule has 0 aliphatic heterocycles. The topological polar surface area (TPSA) is 59.4 Å². The number of benzene rings is 2. The smallest absolute Gasteiger partial charge is 0.416 e. The van der Waals surface area contributed by atoms with E-state index in [4.69, 9.17) is 21.4 Å². The molecule has 0 unspecified atom stereocenters. The number of carboxylic acid groups (broad SMARTS) is 1. The van der Waals surface area contributed by atoms with Crippen molar-refractivity contribution in [1.29, 1.82) is 0 Å². The molecule has 0 saturated heterocycles. The van der Waals surface area contributed by atoms with Gasteiger partial charge in [0.2, 0.25) is 0 Å². The third-order valence-electron chi connectivity index (χ3n) is 5.04. The number of rotatable bonds is 10. The highest BCUT2D eigenvalue weighted by atomic mass is 35.5. The summed E-state index contributed by atoms with van der Waals surface area (Å²) in [6, 6.07) is 15.7. The van der Waals surface area contributed by atoms with Crippen LogP contribution in [0, 0.1) is 0 Å². The first-order valence-corrected chi connectivity index (χ1v) is 11.1. The Balaban J connectivity index is 1.43. The van der Waals surface area contributed by atoms with Gasteiger partial charge in [0, 0.05) is 17.3 Å². The normalized spacial score (nSPS) is 11.6. The van der Waals surface area contributed by atoms with Crippen LogP contribution >= 0.6 is 11.6 Å². The van der Waals surface area contributed by atoms with Crippen molar-refractivity contribution >= 4 is 23.6 Å². The third-order valence-corrected chi connectivity index (χ3v) is 5.37. The average molecular weight is 490 g/mol. The van der Waals surface area contributed by atoms with Gasteiger partial charge in [-0.05, 0) is 79.8 Å². The van der Waals surface area contributed by atoms with Gasteiger partial charge in [-0.3, -0.25) is 4.98 Å². The molecule has 0 atom stereocenters. The second kappa shape index (κ2) is 11.7. The molecule has 0 amide bonds. The molecule has 0 radical (unpaired) electrons. The predicted octanol–water partition coefficient (Wildman–Crippen LogP) is 7.31. The first-order chi connectivity index (χ1) is 16.2. The Hall–Kier alpha value is -3.32. The summed E-state index contributed by atoms with van der Waals surface area (Å²) >= 11 is 6.15. The summed E-state index contributed by atoms with van der Waals surface area (Å²) < 4.78 is 43.9. The zero-order chi connectivity index (χ0) is 24.6. The van der Waals surface area contributed by atoms with Gasteiger partial charge in [-0.25, -0.2) is 4.79 Å². The third kappa shape index (κ3) is 7.63. The molecule has 1 aromatic heterocycles. The Bertz CT molecular complexity index is 1140. The molecule has 2 aromatic carbocycles. The quantitative estimate of drug-likeness (QED) is 0.239. The molecule has 0 bridgehead atoms. The molecule has 0 aliphatic carbocycles.